The molecule has 0 aliphatic carbocycles. The van der Waals surface area contributed by atoms with E-state index in [4.69, 9.17) is 18.0 Å². The van der Waals surface area contributed by atoms with Gasteiger partial charge >= 0.3 is 0 Å². The lowest BCUT2D eigenvalue weighted by Gasteiger charge is -2.18. The summed E-state index contributed by atoms with van der Waals surface area (Å²) in [5, 5.41) is 10.8. The van der Waals surface area contributed by atoms with Crippen LogP contribution in [-0.4, -0.2) is 17.1 Å². The zero-order valence-corrected chi connectivity index (χ0v) is 9.25. The second kappa shape index (κ2) is 4.22. The zero-order chi connectivity index (χ0) is 11.6. The van der Waals surface area contributed by atoms with Gasteiger partial charge in [-0.1, -0.05) is 6.07 Å². The van der Waals surface area contributed by atoms with Crippen molar-refractivity contribution in [1.82, 2.24) is 0 Å². The second-order valence-electron chi connectivity index (χ2n) is 3.13. The molecule has 0 bridgehead atoms. The Morgan fingerprint density at radius 2 is 2.20 bits per heavy atom. The predicted octanol–water partition coefficient (Wildman–Crippen LogP) is 1.58. The minimum atomic E-state index is -0.448. The molecule has 0 saturated heterocycles. The highest BCUT2D eigenvalue weighted by atomic mass is 32.1. The molecule has 0 unspecified atom stereocenters. The fraction of sp³-hybridized carbons (Fsp3) is 0.222. The molecule has 1 aromatic rings. The van der Waals surface area contributed by atoms with Gasteiger partial charge in [0.2, 0.25) is 0 Å². The minimum Gasteiger partial charge on any atom is -0.376 e. The Morgan fingerprint density at radius 3 is 2.67 bits per heavy atom. The molecule has 0 heterocycles. The van der Waals surface area contributed by atoms with Crippen LogP contribution in [0, 0.1) is 17.0 Å². The third-order valence-corrected chi connectivity index (χ3v) is 2.37. The van der Waals surface area contributed by atoms with Crippen LogP contribution in [0.1, 0.15) is 5.56 Å². The summed E-state index contributed by atoms with van der Waals surface area (Å²) in [4.78, 5) is 11.7. The zero-order valence-electron chi connectivity index (χ0n) is 8.43. The summed E-state index contributed by atoms with van der Waals surface area (Å²) in [6.07, 6.45) is 0. The van der Waals surface area contributed by atoms with Gasteiger partial charge < -0.3 is 10.6 Å². The number of non-ortho nitro benzene ring substituents is 1. The van der Waals surface area contributed by atoms with Crippen LogP contribution in [0.25, 0.3) is 0 Å². The molecule has 0 saturated carbocycles. The summed E-state index contributed by atoms with van der Waals surface area (Å²) in [6.45, 7) is 1.84. The van der Waals surface area contributed by atoms with Gasteiger partial charge in [-0.15, -0.1) is 0 Å². The number of benzene rings is 1. The lowest BCUT2D eigenvalue weighted by molar-refractivity contribution is -0.384. The number of anilines is 1. The maximum absolute atomic E-state index is 10.6. The molecule has 5 nitrogen and oxygen atoms in total. The number of hydrogen-bond donors (Lipinski definition) is 1. The van der Waals surface area contributed by atoms with E-state index in [1.165, 1.54) is 17.0 Å². The number of nitro groups is 1. The SMILES string of the molecule is Cc1ccc([N+](=O)[O-])cc1N(C)C(N)=S. The lowest BCUT2D eigenvalue weighted by Crippen LogP contribution is -2.32. The van der Waals surface area contributed by atoms with Crippen LogP contribution in [0.5, 0.6) is 0 Å². The molecule has 2 N–H and O–H groups in total. The van der Waals surface area contributed by atoms with Gasteiger partial charge in [-0.25, -0.2) is 0 Å². The van der Waals surface area contributed by atoms with Crippen molar-refractivity contribution in [3.63, 3.8) is 0 Å². The highest BCUT2D eigenvalue weighted by Crippen LogP contribution is 2.24. The largest absolute Gasteiger partial charge is 0.376 e. The van der Waals surface area contributed by atoms with Crippen molar-refractivity contribution in [2.24, 2.45) is 5.73 Å². The molecule has 80 valence electrons. The Bertz CT molecular complexity index is 420. The van der Waals surface area contributed by atoms with Gasteiger partial charge in [-0.05, 0) is 24.7 Å². The van der Waals surface area contributed by atoms with E-state index < -0.39 is 4.92 Å². The topological polar surface area (TPSA) is 72.4 Å². The van der Waals surface area contributed by atoms with Crippen molar-refractivity contribution in [3.05, 3.63) is 33.9 Å². The summed E-state index contributed by atoms with van der Waals surface area (Å²) >= 11 is 4.80. The smallest absolute Gasteiger partial charge is 0.271 e. The average molecular weight is 225 g/mol. The first-order chi connectivity index (χ1) is 6.93. The third-order valence-electron chi connectivity index (χ3n) is 2.10. The summed E-state index contributed by atoms with van der Waals surface area (Å²) < 4.78 is 0. The van der Waals surface area contributed by atoms with Crippen molar-refractivity contribution in [3.8, 4) is 0 Å². The molecular weight excluding hydrogens is 214 g/mol. The molecule has 1 rings (SSSR count). The Kier molecular flexibility index (Phi) is 3.21. The van der Waals surface area contributed by atoms with E-state index in [0.717, 1.165) is 5.56 Å². The molecule has 15 heavy (non-hydrogen) atoms. The summed E-state index contributed by atoms with van der Waals surface area (Å²) in [5.41, 5.74) is 7.01. The Labute approximate surface area is 92.6 Å². The Morgan fingerprint density at radius 1 is 1.60 bits per heavy atom. The van der Waals surface area contributed by atoms with Crippen LogP contribution in [-0.2, 0) is 0 Å². The molecule has 0 radical (unpaired) electrons. The highest BCUT2D eigenvalue weighted by Gasteiger charge is 2.12. The summed E-state index contributed by atoms with van der Waals surface area (Å²) in [5.74, 6) is 0. The minimum absolute atomic E-state index is 0.0266. The van der Waals surface area contributed by atoms with Crippen molar-refractivity contribution >= 4 is 28.7 Å². The number of rotatable bonds is 2. The molecule has 0 aromatic heterocycles. The molecule has 0 aliphatic heterocycles. The number of nitro benzene ring substituents is 1. The molecule has 0 aliphatic rings. The predicted molar refractivity (Wildman–Crippen MR) is 63.0 cm³/mol. The molecular formula is C9H11N3O2S. The number of thiocarbonyl (C=S) groups is 1. The fourth-order valence-electron chi connectivity index (χ4n) is 1.19. The van der Waals surface area contributed by atoms with E-state index >= 15 is 0 Å². The van der Waals surface area contributed by atoms with Gasteiger partial charge in [-0.2, -0.15) is 0 Å². The number of hydrogen-bond acceptors (Lipinski definition) is 3. The molecule has 0 fully saturated rings. The van der Waals surface area contributed by atoms with Crippen LogP contribution in [0.4, 0.5) is 11.4 Å². The first kappa shape index (κ1) is 11.4. The fourth-order valence-corrected chi connectivity index (χ4v) is 1.29. The molecule has 0 spiro atoms. The van der Waals surface area contributed by atoms with Crippen LogP contribution < -0.4 is 10.6 Å². The van der Waals surface area contributed by atoms with E-state index in [0.29, 0.717) is 5.69 Å². The normalized spacial score (nSPS) is 9.73. The number of nitrogens with two attached hydrogens (primary N) is 1. The first-order valence-corrected chi connectivity index (χ1v) is 4.62. The van der Waals surface area contributed by atoms with Crippen LogP contribution in [0.3, 0.4) is 0 Å². The maximum Gasteiger partial charge on any atom is 0.271 e. The van der Waals surface area contributed by atoms with Crippen molar-refractivity contribution < 1.29 is 4.92 Å². The van der Waals surface area contributed by atoms with Gasteiger partial charge in [0.05, 0.1) is 10.6 Å². The van der Waals surface area contributed by atoms with Crippen molar-refractivity contribution in [1.29, 1.82) is 0 Å². The number of aryl methyl sites for hydroxylation is 1. The van der Waals surface area contributed by atoms with Gasteiger partial charge in [0.1, 0.15) is 0 Å². The third kappa shape index (κ3) is 2.41. The monoisotopic (exact) mass is 225 g/mol. The Hall–Kier alpha value is -1.69. The lowest BCUT2D eigenvalue weighted by atomic mass is 10.1. The van der Waals surface area contributed by atoms with Gasteiger partial charge in [0.25, 0.3) is 5.69 Å². The van der Waals surface area contributed by atoms with Crippen LogP contribution in [0.15, 0.2) is 18.2 Å². The van der Waals surface area contributed by atoms with Gasteiger partial charge in [-0.3, -0.25) is 10.1 Å². The molecule has 0 atom stereocenters. The van der Waals surface area contributed by atoms with Crippen molar-refractivity contribution in [2.45, 2.75) is 6.92 Å². The molecule has 0 amide bonds. The van der Waals surface area contributed by atoms with Crippen LogP contribution in [0.2, 0.25) is 0 Å². The van der Waals surface area contributed by atoms with Gasteiger partial charge in [0, 0.05) is 19.2 Å². The maximum atomic E-state index is 10.6. The molecule has 1 aromatic carbocycles. The summed E-state index contributed by atoms with van der Waals surface area (Å²) in [6, 6.07) is 4.57. The van der Waals surface area contributed by atoms with Crippen molar-refractivity contribution in [2.75, 3.05) is 11.9 Å². The highest BCUT2D eigenvalue weighted by molar-refractivity contribution is 7.80. The van der Waals surface area contributed by atoms with E-state index in [-0.39, 0.29) is 10.8 Å². The quantitative estimate of drug-likeness (QED) is 0.470. The second-order valence-corrected chi connectivity index (χ2v) is 3.54. The first-order valence-electron chi connectivity index (χ1n) is 4.21. The van der Waals surface area contributed by atoms with E-state index in [1.807, 2.05) is 6.92 Å². The van der Waals surface area contributed by atoms with E-state index in [2.05, 4.69) is 0 Å². The Balaban J connectivity index is 3.22. The average Bonchev–Trinajstić information content (AvgIpc) is 2.16. The van der Waals surface area contributed by atoms with E-state index in [1.54, 1.807) is 13.1 Å². The number of nitrogens with zero attached hydrogens (tertiary/aromatic N) is 2. The van der Waals surface area contributed by atoms with Crippen LogP contribution >= 0.6 is 12.2 Å². The van der Waals surface area contributed by atoms with Gasteiger partial charge in [0.15, 0.2) is 5.11 Å². The summed E-state index contributed by atoms with van der Waals surface area (Å²) in [7, 11) is 1.67. The van der Waals surface area contributed by atoms with E-state index in [9.17, 15) is 10.1 Å². The molecule has 6 heteroatoms. The standard InChI is InChI=1S/C9H11N3O2S/c1-6-3-4-7(12(13)14)5-8(6)11(2)9(10)15/h3-5H,1-2H3,(H2,10,15).